The summed E-state index contributed by atoms with van der Waals surface area (Å²) in [4.78, 5) is 2.40. The van der Waals surface area contributed by atoms with Crippen molar-refractivity contribution in [1.29, 1.82) is 0 Å². The second-order valence-electron chi connectivity index (χ2n) is 15.7. The molecule has 0 radical (unpaired) electrons. The Bertz CT molecular complexity index is 3150. The molecule has 0 saturated heterocycles. The maximum Gasteiger partial charge on any atom is 0.0546 e. The normalized spacial score (nSPS) is 13.0. The molecule has 10 aromatic rings. The maximum absolute atomic E-state index is 2.46. The number of nitrogens with zero attached hydrogens (tertiary/aromatic N) is 1. The van der Waals surface area contributed by atoms with E-state index in [1.54, 1.807) is 0 Å². The SMILES string of the molecule is CC1(C)c2ccc(-c3ccc(N(c4ccccc4)c4cc5ccccc5c5ccccc45)cc3)cc2-c2c(-c3cccc4ccccc34)ccc3cccc1c23. The highest BCUT2D eigenvalue weighted by molar-refractivity contribution is 6.15. The summed E-state index contributed by atoms with van der Waals surface area (Å²) in [6, 6.07) is 73.9. The summed E-state index contributed by atoms with van der Waals surface area (Å²) >= 11 is 0. The molecule has 0 aromatic heterocycles. The minimum atomic E-state index is -0.152. The van der Waals surface area contributed by atoms with Gasteiger partial charge in [-0.1, -0.05) is 178 Å². The molecule has 264 valence electrons. The highest BCUT2D eigenvalue weighted by atomic mass is 15.1. The molecule has 0 atom stereocenters. The standard InChI is InChI=1S/C55H39N/c1-55(2)50-33-29-39(34-49(50)54-48(32-28-38-17-13-25-51(55)53(38)54)46-24-12-16-37-14-6-8-20-43(37)46)36-26-30-42(31-27-36)56(41-18-4-3-5-19-41)52-35-40-15-7-9-21-44(40)45-22-10-11-23-47(45)52/h3-35H,1-2H3. The van der Waals surface area contributed by atoms with Crippen molar-refractivity contribution in [3.8, 4) is 33.4 Å². The molecule has 0 amide bonds. The number of hydrogen-bond acceptors (Lipinski definition) is 1. The van der Waals surface area contributed by atoms with Gasteiger partial charge in [-0.25, -0.2) is 0 Å². The van der Waals surface area contributed by atoms with Gasteiger partial charge in [0.05, 0.1) is 5.69 Å². The molecule has 0 unspecified atom stereocenters. The van der Waals surface area contributed by atoms with Crippen LogP contribution in [-0.2, 0) is 5.41 Å². The minimum absolute atomic E-state index is 0.152. The summed E-state index contributed by atoms with van der Waals surface area (Å²) in [7, 11) is 0. The molecule has 0 saturated carbocycles. The average molecular weight is 714 g/mol. The molecule has 56 heavy (non-hydrogen) atoms. The van der Waals surface area contributed by atoms with E-state index in [1.807, 2.05) is 0 Å². The lowest BCUT2D eigenvalue weighted by atomic mass is 9.67. The Morgan fingerprint density at radius 3 is 1.80 bits per heavy atom. The quantitative estimate of drug-likeness (QED) is 0.161. The third-order valence-electron chi connectivity index (χ3n) is 12.2. The molecule has 1 aliphatic rings. The molecular formula is C55H39N. The zero-order valence-corrected chi connectivity index (χ0v) is 31.5. The monoisotopic (exact) mass is 713 g/mol. The largest absolute Gasteiger partial charge is 0.310 e. The van der Waals surface area contributed by atoms with Gasteiger partial charge < -0.3 is 4.90 Å². The first-order valence-corrected chi connectivity index (χ1v) is 19.6. The topological polar surface area (TPSA) is 3.24 Å². The Hall–Kier alpha value is -6.96. The van der Waals surface area contributed by atoms with Crippen LogP contribution >= 0.6 is 0 Å². The van der Waals surface area contributed by atoms with Crippen LogP contribution in [0.3, 0.4) is 0 Å². The molecule has 1 aliphatic carbocycles. The van der Waals surface area contributed by atoms with Crippen molar-refractivity contribution in [3.63, 3.8) is 0 Å². The molecule has 0 fully saturated rings. The molecule has 1 nitrogen and oxygen atoms in total. The first kappa shape index (κ1) is 32.5. The number of hydrogen-bond donors (Lipinski definition) is 0. The summed E-state index contributed by atoms with van der Waals surface area (Å²) in [5.41, 5.74) is 13.6. The van der Waals surface area contributed by atoms with E-state index < -0.39 is 0 Å². The van der Waals surface area contributed by atoms with Crippen LogP contribution in [-0.4, -0.2) is 0 Å². The van der Waals surface area contributed by atoms with Gasteiger partial charge in [0.15, 0.2) is 0 Å². The van der Waals surface area contributed by atoms with Crippen LogP contribution in [0.15, 0.2) is 200 Å². The van der Waals surface area contributed by atoms with Crippen molar-refractivity contribution in [2.24, 2.45) is 0 Å². The third-order valence-corrected chi connectivity index (χ3v) is 12.2. The van der Waals surface area contributed by atoms with E-state index in [2.05, 4.69) is 219 Å². The van der Waals surface area contributed by atoms with Gasteiger partial charge >= 0.3 is 0 Å². The molecular weight excluding hydrogens is 675 g/mol. The molecule has 11 rings (SSSR count). The smallest absolute Gasteiger partial charge is 0.0546 e. The van der Waals surface area contributed by atoms with Crippen LogP contribution in [0.1, 0.15) is 25.0 Å². The fourth-order valence-electron chi connectivity index (χ4n) is 9.51. The van der Waals surface area contributed by atoms with Gasteiger partial charge in [0.2, 0.25) is 0 Å². The van der Waals surface area contributed by atoms with Gasteiger partial charge in [-0.2, -0.15) is 0 Å². The Kier molecular flexibility index (Phi) is 7.28. The maximum atomic E-state index is 2.46. The average Bonchev–Trinajstić information content (AvgIpc) is 3.26. The first-order valence-electron chi connectivity index (χ1n) is 19.6. The predicted octanol–water partition coefficient (Wildman–Crippen LogP) is 15.4. The number of fused-ring (bicyclic) bond motifs is 6. The van der Waals surface area contributed by atoms with Crippen LogP contribution < -0.4 is 4.90 Å². The summed E-state index contributed by atoms with van der Waals surface area (Å²) in [6.45, 7) is 4.77. The van der Waals surface area contributed by atoms with E-state index in [0.717, 1.165) is 11.4 Å². The van der Waals surface area contributed by atoms with Crippen molar-refractivity contribution in [3.05, 3.63) is 211 Å². The first-order chi connectivity index (χ1) is 27.5. The van der Waals surface area contributed by atoms with Crippen LogP contribution in [0.2, 0.25) is 0 Å². The molecule has 0 heterocycles. The second kappa shape index (κ2) is 12.5. The van der Waals surface area contributed by atoms with Gasteiger partial charge in [-0.15, -0.1) is 0 Å². The highest BCUT2D eigenvalue weighted by Gasteiger charge is 2.35. The fourth-order valence-corrected chi connectivity index (χ4v) is 9.51. The molecule has 10 aromatic carbocycles. The van der Waals surface area contributed by atoms with E-state index in [9.17, 15) is 0 Å². The predicted molar refractivity (Wildman–Crippen MR) is 240 cm³/mol. The van der Waals surface area contributed by atoms with Crippen LogP contribution in [0.25, 0.3) is 76.5 Å². The van der Waals surface area contributed by atoms with E-state index in [-0.39, 0.29) is 5.41 Å². The summed E-state index contributed by atoms with van der Waals surface area (Å²) in [5.74, 6) is 0. The second-order valence-corrected chi connectivity index (χ2v) is 15.7. The van der Waals surface area contributed by atoms with Gasteiger partial charge in [0, 0.05) is 22.2 Å². The van der Waals surface area contributed by atoms with Crippen molar-refractivity contribution in [1.82, 2.24) is 0 Å². The Morgan fingerprint density at radius 2 is 0.982 bits per heavy atom. The minimum Gasteiger partial charge on any atom is -0.310 e. The third kappa shape index (κ3) is 4.94. The lowest BCUT2D eigenvalue weighted by molar-refractivity contribution is 0.645. The lowest BCUT2D eigenvalue weighted by Gasteiger charge is -2.36. The number of rotatable bonds is 5. The lowest BCUT2D eigenvalue weighted by Crippen LogP contribution is -2.24. The fraction of sp³-hybridized carbons (Fsp3) is 0.0545. The highest BCUT2D eigenvalue weighted by Crippen LogP contribution is 2.53. The van der Waals surface area contributed by atoms with Gasteiger partial charge in [-0.05, 0) is 119 Å². The van der Waals surface area contributed by atoms with Crippen LogP contribution in [0, 0.1) is 0 Å². The number of benzene rings is 10. The van der Waals surface area contributed by atoms with Crippen molar-refractivity contribution >= 4 is 60.2 Å². The molecule has 0 N–H and O–H groups in total. The van der Waals surface area contributed by atoms with E-state index >= 15 is 0 Å². The molecule has 1 heteroatoms. The summed E-state index contributed by atoms with van der Waals surface area (Å²) in [5, 5.41) is 10.2. The zero-order valence-electron chi connectivity index (χ0n) is 31.5. The zero-order chi connectivity index (χ0) is 37.4. The van der Waals surface area contributed by atoms with Gasteiger partial charge in [0.1, 0.15) is 0 Å². The Labute approximate surface area is 327 Å². The van der Waals surface area contributed by atoms with Crippen LogP contribution in [0.4, 0.5) is 17.1 Å². The summed E-state index contributed by atoms with van der Waals surface area (Å²) in [6.07, 6.45) is 0. The Balaban J connectivity index is 1.09. The van der Waals surface area contributed by atoms with Crippen molar-refractivity contribution in [2.75, 3.05) is 4.90 Å². The van der Waals surface area contributed by atoms with E-state index in [4.69, 9.17) is 0 Å². The summed E-state index contributed by atoms with van der Waals surface area (Å²) < 4.78 is 0. The van der Waals surface area contributed by atoms with Crippen molar-refractivity contribution in [2.45, 2.75) is 19.3 Å². The van der Waals surface area contributed by atoms with Crippen LogP contribution in [0.5, 0.6) is 0 Å². The number of anilines is 3. The molecule has 0 aliphatic heterocycles. The Morgan fingerprint density at radius 1 is 0.357 bits per heavy atom. The van der Waals surface area contributed by atoms with Gasteiger partial charge in [0.25, 0.3) is 0 Å². The van der Waals surface area contributed by atoms with Gasteiger partial charge in [-0.3, -0.25) is 0 Å². The molecule has 0 bridgehead atoms. The van der Waals surface area contributed by atoms with E-state index in [1.165, 1.54) is 93.3 Å². The number of para-hydroxylation sites is 1. The van der Waals surface area contributed by atoms with E-state index in [0.29, 0.717) is 0 Å². The molecule has 0 spiro atoms. The van der Waals surface area contributed by atoms with Crippen molar-refractivity contribution < 1.29 is 0 Å².